The molecule has 1 aromatic carbocycles. The molecule has 0 fully saturated rings. The van der Waals surface area contributed by atoms with Gasteiger partial charge in [0, 0.05) is 33.5 Å². The second kappa shape index (κ2) is 7.01. The van der Waals surface area contributed by atoms with Crippen molar-refractivity contribution < 1.29 is 9.66 Å². The quantitative estimate of drug-likeness (QED) is 0.391. The van der Waals surface area contributed by atoms with Gasteiger partial charge in [0.25, 0.3) is 0 Å². The zero-order valence-corrected chi connectivity index (χ0v) is 15.0. The number of nitrogens with zero attached hydrogens (tertiary/aromatic N) is 1. The first-order valence-corrected chi connectivity index (χ1v) is 8.52. The minimum atomic E-state index is -0.608. The molecule has 6 heteroatoms. The van der Waals surface area contributed by atoms with Crippen LogP contribution in [0.2, 0.25) is 5.02 Å². The summed E-state index contributed by atoms with van der Waals surface area (Å²) in [4.78, 5) is 10.9. The fourth-order valence-corrected chi connectivity index (χ4v) is 3.70. The molecule has 5 atom stereocenters. The number of ether oxygens (including phenoxy) is 1. The second-order valence-electron chi connectivity index (χ2n) is 5.74. The van der Waals surface area contributed by atoms with Crippen molar-refractivity contribution in [1.29, 1.82) is 0 Å². The van der Waals surface area contributed by atoms with E-state index in [9.17, 15) is 10.1 Å². The van der Waals surface area contributed by atoms with E-state index in [1.807, 2.05) is 44.2 Å². The van der Waals surface area contributed by atoms with E-state index in [2.05, 4.69) is 15.9 Å². The molecule has 0 heterocycles. The molecule has 0 bridgehead atoms. The molecule has 2 rings (SSSR count). The number of halogens is 2. The van der Waals surface area contributed by atoms with Crippen LogP contribution in [0, 0.1) is 22.0 Å². The molecule has 0 N–H and O–H groups in total. The van der Waals surface area contributed by atoms with Crippen molar-refractivity contribution in [1.82, 2.24) is 0 Å². The van der Waals surface area contributed by atoms with Gasteiger partial charge in [-0.05, 0) is 30.7 Å². The number of rotatable bonds is 6. The van der Waals surface area contributed by atoms with Crippen LogP contribution in [0.1, 0.15) is 32.4 Å². The molecule has 0 spiro atoms. The van der Waals surface area contributed by atoms with Crippen LogP contribution in [-0.2, 0) is 4.74 Å². The van der Waals surface area contributed by atoms with Gasteiger partial charge in [0.05, 0.1) is 5.76 Å². The Bertz CT molecular complexity index is 575. The Kier molecular flexibility index (Phi) is 5.50. The van der Waals surface area contributed by atoms with E-state index in [1.165, 1.54) is 0 Å². The monoisotopic (exact) mass is 387 g/mol. The third kappa shape index (κ3) is 3.63. The van der Waals surface area contributed by atoms with E-state index in [1.54, 1.807) is 6.92 Å². The molecule has 1 unspecified atom stereocenters. The summed E-state index contributed by atoms with van der Waals surface area (Å²) < 4.78 is 6.01. The third-order valence-electron chi connectivity index (χ3n) is 4.31. The topological polar surface area (TPSA) is 52.4 Å². The lowest BCUT2D eigenvalue weighted by atomic mass is 9.78. The molecule has 120 valence electrons. The van der Waals surface area contributed by atoms with E-state index in [0.29, 0.717) is 5.02 Å². The van der Waals surface area contributed by atoms with Crippen molar-refractivity contribution >= 4 is 27.5 Å². The molecule has 1 aliphatic rings. The minimum absolute atomic E-state index is 0.0233. The lowest BCUT2D eigenvalue weighted by Crippen LogP contribution is -2.40. The number of allylic oxidation sites excluding steroid dienone is 2. The predicted molar refractivity (Wildman–Crippen MR) is 90.9 cm³/mol. The van der Waals surface area contributed by atoms with Crippen LogP contribution in [0.3, 0.4) is 0 Å². The summed E-state index contributed by atoms with van der Waals surface area (Å²) in [6, 6.07) is 6.90. The molecule has 0 aromatic heterocycles. The second-order valence-corrected chi connectivity index (χ2v) is 7.23. The maximum absolute atomic E-state index is 11.0. The molecule has 0 radical (unpaired) electrons. The van der Waals surface area contributed by atoms with Crippen LogP contribution in [0.4, 0.5) is 0 Å². The lowest BCUT2D eigenvalue weighted by Gasteiger charge is -2.38. The zero-order chi connectivity index (χ0) is 16.4. The molecule has 4 nitrogen and oxygen atoms in total. The Morgan fingerprint density at radius 2 is 1.86 bits per heavy atom. The molecule has 1 aliphatic carbocycles. The first-order valence-electron chi connectivity index (χ1n) is 7.22. The molecular formula is C16H19BrClNO3. The summed E-state index contributed by atoms with van der Waals surface area (Å²) in [6.07, 6.45) is 1.85. The van der Waals surface area contributed by atoms with Gasteiger partial charge in [0.1, 0.15) is 6.10 Å². The normalized spacial score (nSPS) is 24.7. The summed E-state index contributed by atoms with van der Waals surface area (Å²) in [5.74, 6) is 0.748. The van der Waals surface area contributed by atoms with Gasteiger partial charge in [-0.1, -0.05) is 46.6 Å². The Hall–Kier alpha value is -1.07. The van der Waals surface area contributed by atoms with Gasteiger partial charge in [0.2, 0.25) is 6.04 Å². The number of hydrogen-bond acceptors (Lipinski definition) is 3. The standard InChI is InChI=1S/C16H19BrClNO3/c1-9(10(2)19(20)21)16-14(17)8-15(16)22-11(3)12-4-6-13(18)7-5-12/h4-11,14,16H,1-3H3/t9-,10+,11-,14?,16-/m0/s1. The van der Waals surface area contributed by atoms with E-state index in [0.717, 1.165) is 11.3 Å². The van der Waals surface area contributed by atoms with Gasteiger partial charge in [-0.2, -0.15) is 0 Å². The van der Waals surface area contributed by atoms with Crippen molar-refractivity contribution in [3.63, 3.8) is 0 Å². The van der Waals surface area contributed by atoms with Crippen LogP contribution < -0.4 is 0 Å². The molecule has 22 heavy (non-hydrogen) atoms. The number of hydrogen-bond donors (Lipinski definition) is 0. The summed E-state index contributed by atoms with van der Waals surface area (Å²) in [6.45, 7) is 5.50. The SMILES string of the molecule is C[C@H]([C@@H]1C(O[C@@H](C)c2ccc(Cl)cc2)=CC1Br)[C@@H](C)[N+](=O)[O-]. The van der Waals surface area contributed by atoms with Crippen LogP contribution in [0.15, 0.2) is 36.1 Å². The maximum Gasteiger partial charge on any atom is 0.213 e. The molecular weight excluding hydrogens is 370 g/mol. The van der Waals surface area contributed by atoms with Crippen molar-refractivity contribution in [2.75, 3.05) is 0 Å². The van der Waals surface area contributed by atoms with Crippen LogP contribution >= 0.6 is 27.5 Å². The smallest absolute Gasteiger partial charge is 0.213 e. The van der Waals surface area contributed by atoms with E-state index >= 15 is 0 Å². The zero-order valence-electron chi connectivity index (χ0n) is 12.7. The summed E-state index contributed by atoms with van der Waals surface area (Å²) in [5, 5.41) is 11.7. The first-order chi connectivity index (χ1) is 10.3. The molecule has 1 aromatic rings. The summed E-state index contributed by atoms with van der Waals surface area (Å²) >= 11 is 9.43. The Balaban J connectivity index is 2.05. The van der Waals surface area contributed by atoms with Gasteiger partial charge in [-0.3, -0.25) is 10.1 Å². The highest BCUT2D eigenvalue weighted by Gasteiger charge is 2.42. The lowest BCUT2D eigenvalue weighted by molar-refractivity contribution is -0.528. The van der Waals surface area contributed by atoms with E-state index < -0.39 is 6.04 Å². The highest BCUT2D eigenvalue weighted by Crippen LogP contribution is 2.43. The van der Waals surface area contributed by atoms with E-state index in [4.69, 9.17) is 16.3 Å². The Labute approximate surface area is 143 Å². The van der Waals surface area contributed by atoms with Crippen molar-refractivity contribution in [2.24, 2.45) is 11.8 Å². The summed E-state index contributed by atoms with van der Waals surface area (Å²) in [5.41, 5.74) is 1.03. The van der Waals surface area contributed by atoms with Gasteiger partial charge in [-0.15, -0.1) is 0 Å². The van der Waals surface area contributed by atoms with Gasteiger partial charge in [-0.25, -0.2) is 0 Å². The third-order valence-corrected chi connectivity index (χ3v) is 5.39. The highest BCUT2D eigenvalue weighted by molar-refractivity contribution is 9.09. The van der Waals surface area contributed by atoms with Gasteiger partial charge >= 0.3 is 0 Å². The van der Waals surface area contributed by atoms with E-state index in [-0.39, 0.29) is 27.7 Å². The predicted octanol–water partition coefficient (Wildman–Crippen LogP) is 5.00. The number of benzene rings is 1. The molecule has 0 saturated carbocycles. The fourth-order valence-electron chi connectivity index (χ4n) is 2.58. The van der Waals surface area contributed by atoms with Crippen molar-refractivity contribution in [3.05, 3.63) is 56.8 Å². The molecule has 0 saturated heterocycles. The van der Waals surface area contributed by atoms with Gasteiger partial charge < -0.3 is 4.74 Å². The highest BCUT2D eigenvalue weighted by atomic mass is 79.9. The fraction of sp³-hybridized carbons (Fsp3) is 0.500. The average molecular weight is 389 g/mol. The van der Waals surface area contributed by atoms with Gasteiger partial charge in [0.15, 0.2) is 0 Å². The largest absolute Gasteiger partial charge is 0.490 e. The average Bonchev–Trinajstić information content (AvgIpc) is 2.45. The van der Waals surface area contributed by atoms with Crippen LogP contribution in [0.25, 0.3) is 0 Å². The maximum atomic E-state index is 11.0. The van der Waals surface area contributed by atoms with Crippen LogP contribution in [-0.4, -0.2) is 15.8 Å². The molecule has 0 aliphatic heterocycles. The Morgan fingerprint density at radius 1 is 1.27 bits per heavy atom. The number of nitro groups is 1. The molecule has 0 amide bonds. The van der Waals surface area contributed by atoms with Crippen molar-refractivity contribution in [2.45, 2.75) is 37.7 Å². The Morgan fingerprint density at radius 3 is 2.36 bits per heavy atom. The van der Waals surface area contributed by atoms with Crippen LogP contribution in [0.5, 0.6) is 0 Å². The number of alkyl halides is 1. The minimum Gasteiger partial charge on any atom is -0.490 e. The van der Waals surface area contributed by atoms with Crippen molar-refractivity contribution in [3.8, 4) is 0 Å². The summed E-state index contributed by atoms with van der Waals surface area (Å²) in [7, 11) is 0. The first kappa shape index (κ1) is 17.3.